The molecule has 4 nitrogen and oxygen atoms in total. The monoisotopic (exact) mass is 215 g/mol. The fraction of sp³-hybridized carbons (Fsp3) is 0.909. The predicted octanol–water partition coefficient (Wildman–Crippen LogP) is 0.990. The van der Waals surface area contributed by atoms with Crippen LogP contribution in [0.3, 0.4) is 0 Å². The summed E-state index contributed by atoms with van der Waals surface area (Å²) in [6.45, 7) is 2.15. The summed E-state index contributed by atoms with van der Waals surface area (Å²) in [5.74, 6) is -0.883. The van der Waals surface area contributed by atoms with Crippen molar-refractivity contribution in [3.05, 3.63) is 0 Å². The van der Waals surface area contributed by atoms with Crippen LogP contribution < -0.4 is 5.32 Å². The minimum Gasteiger partial charge on any atom is -0.481 e. The molecule has 2 unspecified atom stereocenters. The summed E-state index contributed by atoms with van der Waals surface area (Å²) in [5, 5.41) is 21.3. The second kappa shape index (κ2) is 6.08. The number of aliphatic carboxylic acids is 1. The lowest BCUT2D eigenvalue weighted by molar-refractivity contribution is -0.143. The largest absolute Gasteiger partial charge is 0.481 e. The molecule has 0 aliphatic heterocycles. The summed E-state index contributed by atoms with van der Waals surface area (Å²) in [7, 11) is 0. The van der Waals surface area contributed by atoms with Crippen molar-refractivity contribution >= 4 is 5.97 Å². The van der Waals surface area contributed by atoms with Gasteiger partial charge in [-0.3, -0.25) is 4.79 Å². The summed E-state index contributed by atoms with van der Waals surface area (Å²) in [4.78, 5) is 10.8. The van der Waals surface area contributed by atoms with E-state index >= 15 is 0 Å². The van der Waals surface area contributed by atoms with Gasteiger partial charge in [-0.1, -0.05) is 13.3 Å². The Bertz CT molecular complexity index is 204. The highest BCUT2D eigenvalue weighted by Crippen LogP contribution is 2.24. The molecule has 1 fully saturated rings. The van der Waals surface area contributed by atoms with Gasteiger partial charge in [0.1, 0.15) is 0 Å². The maximum atomic E-state index is 10.8. The maximum Gasteiger partial charge on any atom is 0.306 e. The third-order valence-corrected chi connectivity index (χ3v) is 3.21. The molecular formula is C11H21NO3. The molecule has 0 spiro atoms. The number of rotatable bonds is 5. The molecule has 4 heteroatoms. The van der Waals surface area contributed by atoms with Gasteiger partial charge in [0.2, 0.25) is 0 Å². The van der Waals surface area contributed by atoms with Gasteiger partial charge in [0.25, 0.3) is 0 Å². The highest BCUT2D eigenvalue weighted by Gasteiger charge is 2.27. The number of carboxylic acid groups (broad SMARTS) is 1. The van der Waals surface area contributed by atoms with Crippen molar-refractivity contribution in [2.45, 2.75) is 51.1 Å². The van der Waals surface area contributed by atoms with Crippen LogP contribution in [0.5, 0.6) is 0 Å². The Morgan fingerprint density at radius 2 is 2.27 bits per heavy atom. The zero-order valence-electron chi connectivity index (χ0n) is 9.28. The molecule has 0 heterocycles. The first kappa shape index (κ1) is 12.5. The quantitative estimate of drug-likeness (QED) is 0.639. The summed E-state index contributed by atoms with van der Waals surface area (Å²) >= 11 is 0. The Hall–Kier alpha value is -0.610. The first-order valence-electron chi connectivity index (χ1n) is 5.77. The Morgan fingerprint density at radius 3 is 2.80 bits per heavy atom. The highest BCUT2D eigenvalue weighted by atomic mass is 16.4. The minimum atomic E-state index is -0.682. The van der Waals surface area contributed by atoms with Crippen molar-refractivity contribution in [2.24, 2.45) is 5.92 Å². The van der Waals surface area contributed by atoms with Gasteiger partial charge in [0.15, 0.2) is 0 Å². The van der Waals surface area contributed by atoms with Crippen LogP contribution in [0, 0.1) is 5.92 Å². The summed E-state index contributed by atoms with van der Waals surface area (Å²) in [6, 6.07) is 0.375. The fourth-order valence-corrected chi connectivity index (χ4v) is 2.20. The number of aliphatic hydroxyl groups excluding tert-OH is 1. The molecule has 0 aromatic heterocycles. The maximum absolute atomic E-state index is 10.8. The topological polar surface area (TPSA) is 69.6 Å². The second-order valence-corrected chi connectivity index (χ2v) is 4.35. The van der Waals surface area contributed by atoms with Crippen molar-refractivity contribution < 1.29 is 15.0 Å². The van der Waals surface area contributed by atoms with Crippen molar-refractivity contribution in [3.8, 4) is 0 Å². The van der Waals surface area contributed by atoms with Crippen LogP contribution in [-0.2, 0) is 4.79 Å². The molecule has 0 aromatic rings. The highest BCUT2D eigenvalue weighted by molar-refractivity contribution is 5.70. The number of carboxylic acids is 1. The third kappa shape index (κ3) is 3.80. The van der Waals surface area contributed by atoms with E-state index in [9.17, 15) is 4.79 Å². The molecular weight excluding hydrogens is 194 g/mol. The summed E-state index contributed by atoms with van der Waals surface area (Å²) in [6.07, 6.45) is 4.37. The molecule has 1 aliphatic rings. The summed E-state index contributed by atoms with van der Waals surface area (Å²) < 4.78 is 0. The van der Waals surface area contributed by atoms with Crippen molar-refractivity contribution in [1.82, 2.24) is 5.32 Å². The van der Waals surface area contributed by atoms with E-state index in [4.69, 9.17) is 10.2 Å². The van der Waals surface area contributed by atoms with Gasteiger partial charge in [0, 0.05) is 12.1 Å². The summed E-state index contributed by atoms with van der Waals surface area (Å²) in [5.41, 5.74) is 0. The first-order valence-corrected chi connectivity index (χ1v) is 5.77. The average molecular weight is 215 g/mol. The van der Waals surface area contributed by atoms with E-state index in [0.717, 1.165) is 25.7 Å². The molecule has 1 aliphatic carbocycles. The lowest BCUT2D eigenvalue weighted by Crippen LogP contribution is -2.43. The van der Waals surface area contributed by atoms with Crippen LogP contribution in [-0.4, -0.2) is 34.9 Å². The predicted molar refractivity (Wildman–Crippen MR) is 57.7 cm³/mol. The molecule has 0 radical (unpaired) electrons. The molecule has 0 aromatic carbocycles. The third-order valence-electron chi connectivity index (χ3n) is 3.21. The zero-order valence-corrected chi connectivity index (χ0v) is 9.28. The molecule has 0 bridgehead atoms. The Labute approximate surface area is 90.7 Å². The zero-order chi connectivity index (χ0) is 11.3. The molecule has 1 saturated carbocycles. The van der Waals surface area contributed by atoms with E-state index < -0.39 is 5.97 Å². The van der Waals surface area contributed by atoms with Gasteiger partial charge in [0.05, 0.1) is 12.5 Å². The lowest BCUT2D eigenvalue weighted by Gasteiger charge is -2.30. The van der Waals surface area contributed by atoms with Gasteiger partial charge in [-0.2, -0.15) is 0 Å². The number of aliphatic hydroxyl groups is 1. The van der Waals surface area contributed by atoms with E-state index in [1.807, 2.05) is 6.92 Å². The number of carbonyl (C=O) groups is 1. The standard InChI is InChI=1S/C11H21NO3/c1-2-9(7-13)12-10-5-3-4-8(6-10)11(14)15/h8-10,12-13H,2-7H2,1H3,(H,14,15)/t8?,9-,10?/m1/s1. The molecule has 1 rings (SSSR count). The Balaban J connectivity index is 2.38. The van der Waals surface area contributed by atoms with E-state index in [1.54, 1.807) is 0 Å². The molecule has 88 valence electrons. The van der Waals surface area contributed by atoms with Crippen molar-refractivity contribution in [3.63, 3.8) is 0 Å². The fourth-order valence-electron chi connectivity index (χ4n) is 2.20. The Morgan fingerprint density at radius 1 is 1.53 bits per heavy atom. The van der Waals surface area contributed by atoms with Gasteiger partial charge < -0.3 is 15.5 Å². The lowest BCUT2D eigenvalue weighted by atomic mass is 9.85. The van der Waals surface area contributed by atoms with E-state index in [1.165, 1.54) is 0 Å². The molecule has 0 amide bonds. The van der Waals surface area contributed by atoms with Crippen molar-refractivity contribution in [1.29, 1.82) is 0 Å². The molecule has 15 heavy (non-hydrogen) atoms. The van der Waals surface area contributed by atoms with Crippen LogP contribution in [0.25, 0.3) is 0 Å². The van der Waals surface area contributed by atoms with Crippen molar-refractivity contribution in [2.75, 3.05) is 6.61 Å². The van der Waals surface area contributed by atoms with Crippen LogP contribution in [0.15, 0.2) is 0 Å². The SMILES string of the molecule is CC[C@H](CO)NC1CCCC(C(=O)O)C1. The van der Waals surface area contributed by atoms with Gasteiger partial charge in [-0.15, -0.1) is 0 Å². The van der Waals surface area contributed by atoms with Crippen LogP contribution >= 0.6 is 0 Å². The van der Waals surface area contributed by atoms with Crippen LogP contribution in [0.2, 0.25) is 0 Å². The molecule has 3 N–H and O–H groups in total. The smallest absolute Gasteiger partial charge is 0.306 e. The molecule has 0 saturated heterocycles. The van der Waals surface area contributed by atoms with E-state index in [2.05, 4.69) is 5.32 Å². The van der Waals surface area contributed by atoms with Gasteiger partial charge >= 0.3 is 5.97 Å². The second-order valence-electron chi connectivity index (χ2n) is 4.35. The van der Waals surface area contributed by atoms with E-state index in [0.29, 0.717) is 6.42 Å². The average Bonchev–Trinajstić information content (AvgIpc) is 2.26. The first-order chi connectivity index (χ1) is 7.17. The Kier molecular flexibility index (Phi) is 5.05. The number of hydrogen-bond donors (Lipinski definition) is 3. The number of nitrogens with one attached hydrogen (secondary N) is 1. The van der Waals surface area contributed by atoms with Gasteiger partial charge in [-0.25, -0.2) is 0 Å². The number of hydrogen-bond acceptors (Lipinski definition) is 3. The minimum absolute atomic E-state index is 0.113. The van der Waals surface area contributed by atoms with Crippen LogP contribution in [0.1, 0.15) is 39.0 Å². The van der Waals surface area contributed by atoms with E-state index in [-0.39, 0.29) is 24.6 Å². The normalized spacial score (nSPS) is 28.7. The van der Waals surface area contributed by atoms with Crippen LogP contribution in [0.4, 0.5) is 0 Å². The molecule has 3 atom stereocenters. The van der Waals surface area contributed by atoms with Gasteiger partial charge in [-0.05, 0) is 25.7 Å².